The molecular formula is C43H56N4O8. The largest absolute Gasteiger partial charge is 0.497 e. The number of hydrogen-bond acceptors (Lipinski definition) is 10. The minimum absolute atomic E-state index is 0.0701. The molecule has 7 atom stereocenters. The monoisotopic (exact) mass is 756 g/mol. The number of aromatic nitrogens is 2. The summed E-state index contributed by atoms with van der Waals surface area (Å²) in [6.45, 7) is 9.71. The van der Waals surface area contributed by atoms with Crippen LogP contribution in [0.5, 0.6) is 11.6 Å². The Hall–Kier alpha value is -4.74. The molecule has 55 heavy (non-hydrogen) atoms. The van der Waals surface area contributed by atoms with Crippen LogP contribution in [0.15, 0.2) is 49.6 Å². The van der Waals surface area contributed by atoms with Gasteiger partial charge in [-0.25, -0.2) is 14.8 Å². The lowest BCUT2D eigenvalue weighted by Crippen LogP contribution is -2.54. The standard InChI is InChI=1S/C43H56N4O8/c1-5-8-12-16-28-18-15-20-37(28)55-38(48)23-29-17-13-10-9-11-14-19-30-26-43(30,42(51)53-7-3)46-39(49)36-25-32(27-47(36)41(29)50)54-40-33(6-2)44-34-22-21-31(52-4)24-35(34)45-40/h5-6,14,19,21-22,24,28-30,32,36-37H,1-2,7-13,15-18,20,23,25-27H2,3-4H3,(H,46,49)/b19-14-/t28-,29-,30-,32-,36+,37-,43-/m1/s1. The summed E-state index contributed by atoms with van der Waals surface area (Å²) in [7, 11) is 1.57. The van der Waals surface area contributed by atoms with Gasteiger partial charge in [0, 0.05) is 24.3 Å². The lowest BCUT2D eigenvalue weighted by Gasteiger charge is -2.29. The molecule has 3 fully saturated rings. The second-order valence-corrected chi connectivity index (χ2v) is 15.4. The lowest BCUT2D eigenvalue weighted by molar-refractivity contribution is -0.156. The molecular weight excluding hydrogens is 700 g/mol. The fourth-order valence-electron chi connectivity index (χ4n) is 8.49. The van der Waals surface area contributed by atoms with E-state index in [0.717, 1.165) is 64.2 Å². The van der Waals surface area contributed by atoms with Gasteiger partial charge in [-0.2, -0.15) is 0 Å². The van der Waals surface area contributed by atoms with Crippen molar-refractivity contribution in [1.82, 2.24) is 20.2 Å². The number of unbranched alkanes of at least 4 members (excludes halogenated alkanes) is 1. The van der Waals surface area contributed by atoms with Crippen LogP contribution in [0.1, 0.15) is 103 Å². The number of ether oxygens (including phenoxy) is 4. The molecule has 2 saturated carbocycles. The Balaban J connectivity index is 1.27. The molecule has 0 unspecified atom stereocenters. The fraction of sp³-hybridized carbons (Fsp3) is 0.581. The van der Waals surface area contributed by atoms with Crippen LogP contribution < -0.4 is 14.8 Å². The third-order valence-electron chi connectivity index (χ3n) is 11.6. The van der Waals surface area contributed by atoms with E-state index in [1.807, 2.05) is 12.2 Å². The van der Waals surface area contributed by atoms with Gasteiger partial charge in [0.2, 0.25) is 17.7 Å². The van der Waals surface area contributed by atoms with Gasteiger partial charge in [-0.1, -0.05) is 37.6 Å². The first-order chi connectivity index (χ1) is 26.7. The molecule has 1 aromatic heterocycles. The van der Waals surface area contributed by atoms with Crippen LogP contribution in [0, 0.1) is 17.8 Å². The maximum Gasteiger partial charge on any atom is 0.332 e. The first kappa shape index (κ1) is 39.9. The maximum absolute atomic E-state index is 14.7. The van der Waals surface area contributed by atoms with E-state index in [1.54, 1.807) is 38.3 Å². The number of amides is 2. The average molecular weight is 757 g/mol. The highest BCUT2D eigenvalue weighted by atomic mass is 16.5. The number of benzene rings is 1. The van der Waals surface area contributed by atoms with Crippen molar-refractivity contribution >= 4 is 40.9 Å². The molecule has 4 aliphatic rings. The van der Waals surface area contributed by atoms with Crippen LogP contribution in [0.4, 0.5) is 0 Å². The van der Waals surface area contributed by atoms with Gasteiger partial charge in [0.15, 0.2) is 0 Å². The zero-order chi connectivity index (χ0) is 39.0. The molecule has 1 aromatic carbocycles. The van der Waals surface area contributed by atoms with Gasteiger partial charge in [-0.3, -0.25) is 14.4 Å². The Morgan fingerprint density at radius 3 is 2.71 bits per heavy atom. The minimum Gasteiger partial charge on any atom is -0.497 e. The maximum atomic E-state index is 14.7. The van der Waals surface area contributed by atoms with E-state index in [2.05, 4.69) is 29.5 Å². The first-order valence-electron chi connectivity index (χ1n) is 20.1. The molecule has 2 aliphatic heterocycles. The summed E-state index contributed by atoms with van der Waals surface area (Å²) in [4.78, 5) is 66.9. The van der Waals surface area contributed by atoms with Crippen LogP contribution in [-0.4, -0.2) is 82.7 Å². The van der Waals surface area contributed by atoms with Gasteiger partial charge in [-0.15, -0.1) is 6.58 Å². The minimum atomic E-state index is -1.21. The molecule has 2 amide bonds. The van der Waals surface area contributed by atoms with E-state index in [9.17, 15) is 19.2 Å². The molecule has 0 radical (unpaired) electrons. The summed E-state index contributed by atoms with van der Waals surface area (Å²) in [6, 6.07) is 4.38. The zero-order valence-corrected chi connectivity index (χ0v) is 32.3. The molecule has 0 bridgehead atoms. The fourth-order valence-corrected chi connectivity index (χ4v) is 8.49. The van der Waals surface area contributed by atoms with E-state index in [-0.39, 0.29) is 55.8 Å². The molecule has 2 aromatic rings. The van der Waals surface area contributed by atoms with Gasteiger partial charge in [0.1, 0.15) is 35.2 Å². The first-order valence-corrected chi connectivity index (χ1v) is 20.1. The number of allylic oxidation sites excluding steroid dienone is 2. The number of carbonyl (C=O) groups excluding carboxylic acids is 4. The number of hydrogen-bond donors (Lipinski definition) is 1. The van der Waals surface area contributed by atoms with E-state index < -0.39 is 35.5 Å². The van der Waals surface area contributed by atoms with Crippen LogP contribution >= 0.6 is 0 Å². The van der Waals surface area contributed by atoms with Gasteiger partial charge in [0.25, 0.3) is 0 Å². The number of methoxy groups -OCH3 is 1. The van der Waals surface area contributed by atoms with Gasteiger partial charge in [-0.05, 0) is 95.3 Å². The van der Waals surface area contributed by atoms with Crippen LogP contribution in [0.3, 0.4) is 0 Å². The Bertz CT molecular complexity index is 1780. The summed E-state index contributed by atoms with van der Waals surface area (Å²) in [6.07, 6.45) is 16.8. The zero-order valence-electron chi connectivity index (χ0n) is 32.3. The molecule has 12 heteroatoms. The van der Waals surface area contributed by atoms with Crippen molar-refractivity contribution in [3.63, 3.8) is 0 Å². The van der Waals surface area contributed by atoms with E-state index in [4.69, 9.17) is 23.9 Å². The number of rotatable bonds is 13. The molecule has 0 spiro atoms. The molecule has 6 rings (SSSR count). The van der Waals surface area contributed by atoms with Crippen molar-refractivity contribution < 1.29 is 38.1 Å². The number of nitrogens with one attached hydrogen (secondary N) is 1. The smallest absolute Gasteiger partial charge is 0.332 e. The summed E-state index contributed by atoms with van der Waals surface area (Å²) < 4.78 is 23.4. The average Bonchev–Trinajstić information content (AvgIpc) is 3.44. The number of nitrogens with zero attached hydrogens (tertiary/aromatic N) is 3. The predicted molar refractivity (Wildman–Crippen MR) is 208 cm³/mol. The Kier molecular flexibility index (Phi) is 13.3. The number of carbonyl (C=O) groups is 4. The molecule has 1 N–H and O–H groups in total. The number of esters is 2. The second-order valence-electron chi connectivity index (χ2n) is 15.4. The predicted octanol–water partition coefficient (Wildman–Crippen LogP) is 6.66. The molecule has 12 nitrogen and oxygen atoms in total. The van der Waals surface area contributed by atoms with Crippen molar-refractivity contribution in [3.05, 3.63) is 55.3 Å². The van der Waals surface area contributed by atoms with Crippen molar-refractivity contribution in [3.8, 4) is 11.6 Å². The second kappa shape index (κ2) is 18.3. The Morgan fingerprint density at radius 1 is 1.07 bits per heavy atom. The topological polar surface area (TPSA) is 146 Å². The lowest BCUT2D eigenvalue weighted by atomic mass is 9.95. The molecule has 1 saturated heterocycles. The summed E-state index contributed by atoms with van der Waals surface area (Å²) in [5.74, 6) is -1.41. The normalized spacial score (nSPS) is 28.8. The molecule has 3 heterocycles. The number of fused-ring (bicyclic) bond motifs is 3. The van der Waals surface area contributed by atoms with Crippen LogP contribution in [0.25, 0.3) is 17.1 Å². The van der Waals surface area contributed by atoms with Gasteiger partial charge >= 0.3 is 11.9 Å². The van der Waals surface area contributed by atoms with Gasteiger partial charge < -0.3 is 29.2 Å². The molecule has 2 aliphatic carbocycles. The van der Waals surface area contributed by atoms with Crippen molar-refractivity contribution in [2.45, 2.75) is 121 Å². The summed E-state index contributed by atoms with van der Waals surface area (Å²) in [5, 5.41) is 3.02. The highest BCUT2D eigenvalue weighted by Gasteiger charge is 2.62. The highest BCUT2D eigenvalue weighted by molar-refractivity contribution is 5.96. The Labute approximate surface area is 324 Å². The van der Waals surface area contributed by atoms with E-state index in [0.29, 0.717) is 41.2 Å². The SMILES string of the molecule is C=CCCC[C@@H]1CCC[C@H]1OC(=O)C[C@H]1CCCCC/C=C\[C@@H]2C[C@@]2(C(=O)OCC)NC(=O)[C@@H]2C[C@@H](Oc3nc4cc(OC)ccc4nc3C=C)CN2C1=O. The van der Waals surface area contributed by atoms with E-state index in [1.165, 1.54) is 4.90 Å². The summed E-state index contributed by atoms with van der Waals surface area (Å²) >= 11 is 0. The van der Waals surface area contributed by atoms with Crippen LogP contribution in [-0.2, 0) is 28.7 Å². The van der Waals surface area contributed by atoms with Crippen molar-refractivity contribution in [2.24, 2.45) is 17.8 Å². The highest BCUT2D eigenvalue weighted by Crippen LogP contribution is 2.46. The third kappa shape index (κ3) is 9.39. The van der Waals surface area contributed by atoms with E-state index >= 15 is 0 Å². The van der Waals surface area contributed by atoms with Crippen LogP contribution in [0.2, 0.25) is 0 Å². The Morgan fingerprint density at radius 2 is 1.93 bits per heavy atom. The summed E-state index contributed by atoms with van der Waals surface area (Å²) in [5.41, 5.74) is 0.393. The third-order valence-corrected chi connectivity index (χ3v) is 11.6. The molecule has 296 valence electrons. The van der Waals surface area contributed by atoms with Crippen molar-refractivity contribution in [1.29, 1.82) is 0 Å². The van der Waals surface area contributed by atoms with Crippen molar-refractivity contribution in [2.75, 3.05) is 20.3 Å². The quantitative estimate of drug-likeness (QED) is 0.134. The van der Waals surface area contributed by atoms with Gasteiger partial charge in [0.05, 0.1) is 37.7 Å².